The first-order valence-electron chi connectivity index (χ1n) is 9.14. The molecule has 0 spiro atoms. The minimum Gasteiger partial charge on any atom is -0.378 e. The lowest BCUT2D eigenvalue weighted by atomic mass is 10.1. The maximum atomic E-state index is 13.3. The quantitative estimate of drug-likeness (QED) is 0.631. The molecule has 1 aliphatic rings. The molecule has 2 heterocycles. The lowest BCUT2D eigenvalue weighted by molar-refractivity contribution is -0.137. The third-order valence-corrected chi connectivity index (χ3v) is 6.02. The summed E-state index contributed by atoms with van der Waals surface area (Å²) in [5, 5.41) is 10.7. The van der Waals surface area contributed by atoms with Gasteiger partial charge in [-0.15, -0.1) is 5.10 Å². The van der Waals surface area contributed by atoms with E-state index in [9.17, 15) is 21.6 Å². The highest BCUT2D eigenvalue weighted by Gasteiger charge is 2.32. The fraction of sp³-hybridized carbons (Fsp3) is 0.278. The third-order valence-electron chi connectivity index (χ3n) is 4.66. The summed E-state index contributed by atoms with van der Waals surface area (Å²) in [6, 6.07) is 8.73. The minimum absolute atomic E-state index is 0.147. The first-order valence-corrected chi connectivity index (χ1v) is 10.6. The van der Waals surface area contributed by atoms with E-state index in [0.29, 0.717) is 37.7 Å². The Morgan fingerprint density at radius 2 is 1.84 bits per heavy atom. The Bertz CT molecular complexity index is 1160. The zero-order valence-corrected chi connectivity index (χ0v) is 16.8. The second-order valence-corrected chi connectivity index (χ2v) is 8.37. The van der Waals surface area contributed by atoms with E-state index >= 15 is 0 Å². The molecule has 31 heavy (non-hydrogen) atoms. The molecule has 164 valence electrons. The van der Waals surface area contributed by atoms with Crippen LogP contribution in [0.1, 0.15) is 5.56 Å². The molecule has 1 aromatic heterocycles. The maximum absolute atomic E-state index is 13.3. The molecule has 1 aliphatic heterocycles. The average molecular weight is 454 g/mol. The fourth-order valence-corrected chi connectivity index (χ4v) is 4.26. The van der Waals surface area contributed by atoms with Gasteiger partial charge in [0.2, 0.25) is 0 Å². The van der Waals surface area contributed by atoms with Crippen LogP contribution in [0.5, 0.6) is 0 Å². The highest BCUT2D eigenvalue weighted by molar-refractivity contribution is 7.92. The molecule has 1 N–H and O–H groups in total. The molecule has 0 atom stereocenters. The highest BCUT2D eigenvalue weighted by atomic mass is 32.2. The SMILES string of the molecule is O=S(=O)(Nc1cc(C(F)(F)F)ccc1N1CCOCC1)c1cccc(-n2cnnn2)c1. The molecule has 1 fully saturated rings. The number of tetrazole rings is 1. The predicted octanol–water partition coefficient (Wildman–Crippen LogP) is 2.32. The van der Waals surface area contributed by atoms with Crippen LogP contribution in [0.15, 0.2) is 53.7 Å². The molecule has 0 bridgehead atoms. The topological polar surface area (TPSA) is 102 Å². The summed E-state index contributed by atoms with van der Waals surface area (Å²) in [7, 11) is -4.21. The number of hydrogen-bond acceptors (Lipinski definition) is 7. The van der Waals surface area contributed by atoms with Gasteiger partial charge in [-0.05, 0) is 46.8 Å². The van der Waals surface area contributed by atoms with Gasteiger partial charge in [-0.1, -0.05) is 6.07 Å². The predicted molar refractivity (Wildman–Crippen MR) is 104 cm³/mol. The summed E-state index contributed by atoms with van der Waals surface area (Å²) in [6.07, 6.45) is -3.33. The fourth-order valence-electron chi connectivity index (χ4n) is 3.15. The number of nitrogens with zero attached hydrogens (tertiary/aromatic N) is 5. The maximum Gasteiger partial charge on any atom is 0.416 e. The van der Waals surface area contributed by atoms with E-state index < -0.39 is 21.8 Å². The van der Waals surface area contributed by atoms with E-state index in [4.69, 9.17) is 4.74 Å². The summed E-state index contributed by atoms with van der Waals surface area (Å²) < 4.78 is 74.7. The van der Waals surface area contributed by atoms with Crippen molar-refractivity contribution in [2.45, 2.75) is 11.1 Å². The van der Waals surface area contributed by atoms with Crippen molar-refractivity contribution >= 4 is 21.4 Å². The summed E-state index contributed by atoms with van der Waals surface area (Å²) >= 11 is 0. The van der Waals surface area contributed by atoms with E-state index in [2.05, 4.69) is 20.2 Å². The molecule has 4 rings (SSSR count). The number of hydrogen-bond donors (Lipinski definition) is 1. The Hall–Kier alpha value is -3.19. The number of halogens is 3. The second-order valence-electron chi connectivity index (χ2n) is 6.69. The van der Waals surface area contributed by atoms with Gasteiger partial charge in [-0.3, -0.25) is 4.72 Å². The van der Waals surface area contributed by atoms with Crippen LogP contribution in [0.25, 0.3) is 5.69 Å². The summed E-state index contributed by atoms with van der Waals surface area (Å²) in [6.45, 7) is 1.63. The summed E-state index contributed by atoms with van der Waals surface area (Å²) in [5.41, 5.74) is -0.393. The third kappa shape index (κ3) is 4.61. The van der Waals surface area contributed by atoms with Crippen molar-refractivity contribution < 1.29 is 26.3 Å². The van der Waals surface area contributed by atoms with Gasteiger partial charge in [0, 0.05) is 13.1 Å². The van der Waals surface area contributed by atoms with Gasteiger partial charge in [0.25, 0.3) is 10.0 Å². The number of alkyl halides is 3. The number of anilines is 2. The van der Waals surface area contributed by atoms with E-state index in [1.807, 2.05) is 0 Å². The molecule has 0 amide bonds. The van der Waals surface area contributed by atoms with E-state index in [1.165, 1.54) is 35.3 Å². The monoisotopic (exact) mass is 454 g/mol. The Morgan fingerprint density at radius 3 is 2.52 bits per heavy atom. The number of aromatic nitrogens is 4. The highest BCUT2D eigenvalue weighted by Crippen LogP contribution is 2.36. The van der Waals surface area contributed by atoms with Crippen molar-refractivity contribution in [3.8, 4) is 5.69 Å². The molecule has 0 aliphatic carbocycles. The molecule has 1 saturated heterocycles. The number of morpholine rings is 1. The molecule has 9 nitrogen and oxygen atoms in total. The van der Waals surface area contributed by atoms with Gasteiger partial charge < -0.3 is 9.64 Å². The van der Waals surface area contributed by atoms with Gasteiger partial charge in [0.05, 0.1) is 40.7 Å². The van der Waals surface area contributed by atoms with Crippen LogP contribution in [-0.2, 0) is 20.9 Å². The first kappa shape index (κ1) is 21.1. The van der Waals surface area contributed by atoms with Crippen molar-refractivity contribution in [2.24, 2.45) is 0 Å². The van der Waals surface area contributed by atoms with Gasteiger partial charge in [0.15, 0.2) is 0 Å². The van der Waals surface area contributed by atoms with Crippen molar-refractivity contribution in [2.75, 3.05) is 35.9 Å². The van der Waals surface area contributed by atoms with Crippen molar-refractivity contribution in [3.63, 3.8) is 0 Å². The Morgan fingerprint density at radius 1 is 1.06 bits per heavy atom. The van der Waals surface area contributed by atoms with E-state index in [0.717, 1.165) is 12.1 Å². The van der Waals surface area contributed by atoms with Crippen LogP contribution >= 0.6 is 0 Å². The smallest absolute Gasteiger partial charge is 0.378 e. The van der Waals surface area contributed by atoms with Crippen molar-refractivity contribution in [3.05, 3.63) is 54.4 Å². The van der Waals surface area contributed by atoms with Crippen LogP contribution in [0, 0.1) is 0 Å². The van der Waals surface area contributed by atoms with Gasteiger partial charge in [-0.25, -0.2) is 13.1 Å². The number of ether oxygens (including phenoxy) is 1. The zero-order chi connectivity index (χ0) is 22.1. The van der Waals surface area contributed by atoms with Crippen molar-refractivity contribution in [1.29, 1.82) is 0 Å². The van der Waals surface area contributed by atoms with Gasteiger partial charge >= 0.3 is 6.18 Å². The van der Waals surface area contributed by atoms with E-state index in [-0.39, 0.29) is 10.6 Å². The van der Waals surface area contributed by atoms with Gasteiger partial charge in [0.1, 0.15) is 6.33 Å². The largest absolute Gasteiger partial charge is 0.416 e. The van der Waals surface area contributed by atoms with Crippen LogP contribution in [-0.4, -0.2) is 54.9 Å². The van der Waals surface area contributed by atoms with Crippen LogP contribution in [0.4, 0.5) is 24.5 Å². The molecular weight excluding hydrogens is 437 g/mol. The van der Waals surface area contributed by atoms with Crippen LogP contribution in [0.2, 0.25) is 0 Å². The number of nitrogens with one attached hydrogen (secondary N) is 1. The second kappa shape index (κ2) is 8.15. The summed E-state index contributed by atoms with van der Waals surface area (Å²) in [5.74, 6) is 0. The first-order chi connectivity index (χ1) is 14.7. The lowest BCUT2D eigenvalue weighted by Gasteiger charge is -2.31. The average Bonchev–Trinajstić information content (AvgIpc) is 3.29. The van der Waals surface area contributed by atoms with Gasteiger partial charge in [-0.2, -0.15) is 13.2 Å². The molecule has 2 aromatic carbocycles. The van der Waals surface area contributed by atoms with Crippen LogP contribution in [0.3, 0.4) is 0 Å². The molecule has 0 radical (unpaired) electrons. The molecular formula is C18H17F3N6O3S. The number of benzene rings is 2. The molecule has 13 heteroatoms. The number of sulfonamides is 1. The standard InChI is InChI=1S/C18H17F3N6O3S/c19-18(20,21)13-4-5-17(26-6-8-30-9-7-26)16(10-13)23-31(28,29)15-3-1-2-14(11-15)27-12-22-24-25-27/h1-5,10-12,23H,6-9H2. The van der Waals surface area contributed by atoms with E-state index in [1.54, 1.807) is 11.0 Å². The zero-order valence-electron chi connectivity index (χ0n) is 16.0. The Balaban J connectivity index is 1.72. The van der Waals surface area contributed by atoms with Crippen LogP contribution < -0.4 is 9.62 Å². The van der Waals surface area contributed by atoms with Crippen molar-refractivity contribution in [1.82, 2.24) is 20.2 Å². The normalized spacial score (nSPS) is 15.1. The lowest BCUT2D eigenvalue weighted by Crippen LogP contribution is -2.36. The molecule has 0 unspecified atom stereocenters. The molecule has 3 aromatic rings. The Kier molecular flexibility index (Phi) is 5.54. The molecule has 0 saturated carbocycles. The Labute approximate surface area is 175 Å². The summed E-state index contributed by atoms with van der Waals surface area (Å²) in [4.78, 5) is 1.63. The number of rotatable bonds is 5. The minimum atomic E-state index is -4.62.